The normalized spacial score (nSPS) is 10.2. The molecule has 0 heterocycles. The Morgan fingerprint density at radius 2 is 1.83 bits per heavy atom. The fraction of sp³-hybridized carbons (Fsp3) is 0.0769. The molecule has 0 radical (unpaired) electrons. The van der Waals surface area contributed by atoms with E-state index in [2.05, 4.69) is 37.2 Å². The van der Waals surface area contributed by atoms with Crippen LogP contribution in [0.1, 0.15) is 0 Å². The molecule has 2 aromatic rings. The van der Waals surface area contributed by atoms with E-state index in [1.807, 2.05) is 36.4 Å². The first-order valence-electron chi connectivity index (χ1n) is 5.26. The van der Waals surface area contributed by atoms with E-state index in [0.717, 1.165) is 31.8 Å². The molecule has 0 saturated heterocycles. The van der Waals surface area contributed by atoms with E-state index < -0.39 is 0 Å². The van der Waals surface area contributed by atoms with Gasteiger partial charge in [0.15, 0.2) is 0 Å². The van der Waals surface area contributed by atoms with Gasteiger partial charge in [0.05, 0.1) is 17.3 Å². The van der Waals surface area contributed by atoms with Crippen LogP contribution in [0.3, 0.4) is 0 Å². The molecule has 0 spiro atoms. The zero-order chi connectivity index (χ0) is 13.1. The zero-order valence-electron chi connectivity index (χ0n) is 9.71. The van der Waals surface area contributed by atoms with Crippen molar-refractivity contribution in [1.29, 1.82) is 0 Å². The van der Waals surface area contributed by atoms with Crippen molar-refractivity contribution in [3.05, 3.63) is 45.3 Å². The molecule has 3 N–H and O–H groups in total. The first-order chi connectivity index (χ1) is 8.60. The van der Waals surface area contributed by atoms with Crippen molar-refractivity contribution in [3.8, 4) is 5.75 Å². The van der Waals surface area contributed by atoms with Gasteiger partial charge in [0.25, 0.3) is 0 Å². The summed E-state index contributed by atoms with van der Waals surface area (Å²) in [5.74, 6) is 0.803. The number of hydrogen-bond acceptors (Lipinski definition) is 3. The molecular formula is C13H12Br2N2O. The molecule has 0 aromatic heterocycles. The largest absolute Gasteiger partial charge is 0.496 e. The minimum Gasteiger partial charge on any atom is -0.496 e. The van der Waals surface area contributed by atoms with Crippen molar-refractivity contribution >= 4 is 48.9 Å². The summed E-state index contributed by atoms with van der Waals surface area (Å²) in [5, 5.41) is 3.30. The predicted octanol–water partition coefficient (Wildman–Crippen LogP) is 4.55. The monoisotopic (exact) mass is 370 g/mol. The average molecular weight is 372 g/mol. The number of ether oxygens (including phenoxy) is 1. The second kappa shape index (κ2) is 5.63. The van der Waals surface area contributed by atoms with Crippen LogP contribution in [0.25, 0.3) is 0 Å². The Labute approximate surface area is 123 Å². The van der Waals surface area contributed by atoms with Gasteiger partial charge in [0, 0.05) is 15.8 Å². The van der Waals surface area contributed by atoms with Crippen molar-refractivity contribution in [2.45, 2.75) is 0 Å². The third-order valence-electron chi connectivity index (χ3n) is 2.42. The van der Waals surface area contributed by atoms with Gasteiger partial charge in [-0.3, -0.25) is 0 Å². The molecule has 3 nitrogen and oxygen atoms in total. The number of benzene rings is 2. The highest BCUT2D eigenvalue weighted by molar-refractivity contribution is 9.11. The maximum absolute atomic E-state index is 5.70. The molecule has 5 heteroatoms. The highest BCUT2D eigenvalue weighted by atomic mass is 79.9. The van der Waals surface area contributed by atoms with E-state index in [-0.39, 0.29) is 0 Å². The van der Waals surface area contributed by atoms with Crippen LogP contribution in [0.5, 0.6) is 5.75 Å². The molecule has 94 valence electrons. The van der Waals surface area contributed by atoms with E-state index in [4.69, 9.17) is 10.5 Å². The second-order valence-corrected chi connectivity index (χ2v) is 5.42. The molecule has 0 aliphatic carbocycles. The maximum Gasteiger partial charge on any atom is 0.133 e. The summed E-state index contributed by atoms with van der Waals surface area (Å²) < 4.78 is 7.02. The molecule has 2 aromatic carbocycles. The standard InChI is InChI=1S/C13H12Br2N2O/c1-18-13-5-3-9(7-11(13)15)17-12-4-2-8(16)6-10(12)14/h2-7,17H,16H2,1H3. The van der Waals surface area contributed by atoms with Crippen LogP contribution in [0, 0.1) is 0 Å². The van der Waals surface area contributed by atoms with Gasteiger partial charge in [-0.2, -0.15) is 0 Å². The van der Waals surface area contributed by atoms with Crippen molar-refractivity contribution < 1.29 is 4.74 Å². The molecule has 2 rings (SSSR count). The lowest BCUT2D eigenvalue weighted by Gasteiger charge is -2.11. The molecule has 0 atom stereocenters. The number of anilines is 3. The van der Waals surface area contributed by atoms with E-state index in [0.29, 0.717) is 0 Å². The first-order valence-corrected chi connectivity index (χ1v) is 6.84. The van der Waals surface area contributed by atoms with Crippen molar-refractivity contribution in [3.63, 3.8) is 0 Å². The Morgan fingerprint density at radius 1 is 1.06 bits per heavy atom. The topological polar surface area (TPSA) is 47.3 Å². The van der Waals surface area contributed by atoms with Gasteiger partial charge < -0.3 is 15.8 Å². The molecule has 0 bridgehead atoms. The first kappa shape index (κ1) is 13.2. The number of rotatable bonds is 3. The van der Waals surface area contributed by atoms with E-state index >= 15 is 0 Å². The van der Waals surface area contributed by atoms with Crippen LogP contribution >= 0.6 is 31.9 Å². The lowest BCUT2D eigenvalue weighted by molar-refractivity contribution is 0.412. The Morgan fingerprint density at radius 3 is 2.44 bits per heavy atom. The van der Waals surface area contributed by atoms with Crippen molar-refractivity contribution in [2.24, 2.45) is 0 Å². The third kappa shape index (κ3) is 2.97. The highest BCUT2D eigenvalue weighted by Crippen LogP contribution is 2.32. The molecule has 0 saturated carbocycles. The Balaban J connectivity index is 2.26. The second-order valence-electron chi connectivity index (χ2n) is 3.71. The van der Waals surface area contributed by atoms with Crippen molar-refractivity contribution in [1.82, 2.24) is 0 Å². The summed E-state index contributed by atoms with van der Waals surface area (Å²) in [7, 11) is 1.64. The smallest absolute Gasteiger partial charge is 0.133 e. The molecular weight excluding hydrogens is 360 g/mol. The molecule has 0 aliphatic heterocycles. The van der Waals surface area contributed by atoms with Crippen LogP contribution in [-0.4, -0.2) is 7.11 Å². The Bertz CT molecular complexity index is 573. The summed E-state index contributed by atoms with van der Waals surface area (Å²) in [4.78, 5) is 0. The van der Waals surface area contributed by atoms with Crippen LogP contribution in [0.15, 0.2) is 45.3 Å². The van der Waals surface area contributed by atoms with Gasteiger partial charge in [-0.05, 0) is 68.3 Å². The van der Waals surface area contributed by atoms with Crippen LogP contribution in [-0.2, 0) is 0 Å². The van der Waals surface area contributed by atoms with Crippen molar-refractivity contribution in [2.75, 3.05) is 18.2 Å². The number of nitrogen functional groups attached to an aromatic ring is 1. The summed E-state index contributed by atoms with van der Waals surface area (Å²) in [5.41, 5.74) is 8.35. The summed E-state index contributed by atoms with van der Waals surface area (Å²) in [6, 6.07) is 11.5. The number of hydrogen-bond donors (Lipinski definition) is 2. The summed E-state index contributed by atoms with van der Waals surface area (Å²) in [6.07, 6.45) is 0. The SMILES string of the molecule is COc1ccc(Nc2ccc(N)cc2Br)cc1Br. The molecule has 0 fully saturated rings. The van der Waals surface area contributed by atoms with Gasteiger partial charge in [-0.25, -0.2) is 0 Å². The molecule has 0 unspecified atom stereocenters. The minimum atomic E-state index is 0.725. The average Bonchev–Trinajstić information content (AvgIpc) is 2.33. The number of nitrogens with two attached hydrogens (primary N) is 1. The number of halogens is 2. The van der Waals surface area contributed by atoms with Crippen LogP contribution in [0.4, 0.5) is 17.1 Å². The quantitative estimate of drug-likeness (QED) is 0.778. The maximum atomic E-state index is 5.70. The lowest BCUT2D eigenvalue weighted by atomic mass is 10.2. The molecule has 18 heavy (non-hydrogen) atoms. The van der Waals surface area contributed by atoms with E-state index in [1.165, 1.54) is 0 Å². The van der Waals surface area contributed by atoms with E-state index in [9.17, 15) is 0 Å². The highest BCUT2D eigenvalue weighted by Gasteiger charge is 2.04. The van der Waals surface area contributed by atoms with Gasteiger partial charge in [0.2, 0.25) is 0 Å². The van der Waals surface area contributed by atoms with E-state index in [1.54, 1.807) is 7.11 Å². The Hall–Kier alpha value is -1.20. The molecule has 0 aliphatic rings. The number of methoxy groups -OCH3 is 1. The van der Waals surface area contributed by atoms with Gasteiger partial charge in [-0.15, -0.1) is 0 Å². The number of nitrogens with one attached hydrogen (secondary N) is 1. The summed E-state index contributed by atoms with van der Waals surface area (Å²) in [6.45, 7) is 0. The fourth-order valence-corrected chi connectivity index (χ4v) is 2.57. The third-order valence-corrected chi connectivity index (χ3v) is 3.70. The zero-order valence-corrected chi connectivity index (χ0v) is 12.9. The van der Waals surface area contributed by atoms with Gasteiger partial charge in [-0.1, -0.05) is 0 Å². The fourth-order valence-electron chi connectivity index (χ4n) is 1.53. The minimum absolute atomic E-state index is 0.725. The van der Waals surface area contributed by atoms with Gasteiger partial charge >= 0.3 is 0 Å². The van der Waals surface area contributed by atoms with Crippen LogP contribution < -0.4 is 15.8 Å². The lowest BCUT2D eigenvalue weighted by Crippen LogP contribution is -1.94. The molecule has 0 amide bonds. The predicted molar refractivity (Wildman–Crippen MR) is 82.5 cm³/mol. The summed E-state index contributed by atoms with van der Waals surface area (Å²) >= 11 is 6.93. The van der Waals surface area contributed by atoms with Crippen LogP contribution in [0.2, 0.25) is 0 Å². The Kier molecular flexibility index (Phi) is 4.14. The van der Waals surface area contributed by atoms with Gasteiger partial charge in [0.1, 0.15) is 5.75 Å².